The number of hydrogen-bond donors (Lipinski definition) is 1. The van der Waals surface area contributed by atoms with Gasteiger partial charge in [0.1, 0.15) is 0 Å². The van der Waals surface area contributed by atoms with Crippen molar-refractivity contribution in [3.05, 3.63) is 0 Å². The third-order valence-corrected chi connectivity index (χ3v) is 3.03. The van der Waals surface area contributed by atoms with Gasteiger partial charge in [-0.15, -0.1) is 0 Å². The first kappa shape index (κ1) is 14.3. The SMILES string of the molecule is CC(C)N(CC1CC1)CC(C(=O)O)C(F)(F)F. The second-order valence-electron chi connectivity index (χ2n) is 4.92. The second kappa shape index (κ2) is 5.25. The van der Waals surface area contributed by atoms with Gasteiger partial charge in [-0.05, 0) is 32.6 Å². The monoisotopic (exact) mass is 253 g/mol. The van der Waals surface area contributed by atoms with E-state index in [9.17, 15) is 18.0 Å². The molecular formula is C11H18F3NO2. The van der Waals surface area contributed by atoms with Crippen molar-refractivity contribution in [2.24, 2.45) is 11.8 Å². The molecule has 1 rings (SSSR count). The molecule has 0 aromatic rings. The first-order valence-electron chi connectivity index (χ1n) is 5.75. The van der Waals surface area contributed by atoms with E-state index in [-0.39, 0.29) is 6.04 Å². The highest BCUT2D eigenvalue weighted by Gasteiger charge is 2.46. The molecule has 0 aromatic carbocycles. The molecule has 1 saturated carbocycles. The largest absolute Gasteiger partial charge is 0.481 e. The zero-order valence-electron chi connectivity index (χ0n) is 10.00. The average molecular weight is 253 g/mol. The lowest BCUT2D eigenvalue weighted by molar-refractivity contribution is -0.197. The number of nitrogens with zero attached hydrogens (tertiary/aromatic N) is 1. The summed E-state index contributed by atoms with van der Waals surface area (Å²) >= 11 is 0. The van der Waals surface area contributed by atoms with Crippen LogP contribution in [0.4, 0.5) is 13.2 Å². The van der Waals surface area contributed by atoms with Crippen molar-refractivity contribution in [1.82, 2.24) is 4.90 Å². The van der Waals surface area contributed by atoms with Crippen LogP contribution in [0.15, 0.2) is 0 Å². The molecule has 1 atom stereocenters. The quantitative estimate of drug-likeness (QED) is 0.790. The molecule has 0 heterocycles. The normalized spacial score (nSPS) is 18.8. The number of aliphatic carboxylic acids is 1. The van der Waals surface area contributed by atoms with Crippen molar-refractivity contribution in [2.45, 2.75) is 38.9 Å². The lowest BCUT2D eigenvalue weighted by atomic mass is 10.1. The molecule has 0 aliphatic heterocycles. The predicted octanol–water partition coefficient (Wildman–Crippen LogP) is 2.37. The Labute approximate surface area is 98.6 Å². The number of halogens is 3. The summed E-state index contributed by atoms with van der Waals surface area (Å²) in [5.41, 5.74) is 0. The van der Waals surface area contributed by atoms with Gasteiger partial charge in [0, 0.05) is 19.1 Å². The summed E-state index contributed by atoms with van der Waals surface area (Å²) < 4.78 is 37.6. The topological polar surface area (TPSA) is 40.5 Å². The van der Waals surface area contributed by atoms with Gasteiger partial charge in [0.2, 0.25) is 0 Å². The summed E-state index contributed by atoms with van der Waals surface area (Å²) in [4.78, 5) is 12.3. The van der Waals surface area contributed by atoms with Crippen LogP contribution < -0.4 is 0 Å². The number of carboxylic acids is 1. The summed E-state index contributed by atoms with van der Waals surface area (Å²) in [6.07, 6.45) is -2.61. The van der Waals surface area contributed by atoms with E-state index in [1.165, 1.54) is 0 Å². The third kappa shape index (κ3) is 4.53. The molecule has 0 saturated heterocycles. The molecule has 6 heteroatoms. The minimum atomic E-state index is -4.68. The number of carbonyl (C=O) groups is 1. The van der Waals surface area contributed by atoms with E-state index >= 15 is 0 Å². The molecule has 1 N–H and O–H groups in total. The molecule has 0 aromatic heterocycles. The van der Waals surface area contributed by atoms with E-state index in [1.54, 1.807) is 18.7 Å². The van der Waals surface area contributed by atoms with E-state index in [4.69, 9.17) is 5.11 Å². The van der Waals surface area contributed by atoms with Gasteiger partial charge in [-0.2, -0.15) is 13.2 Å². The standard InChI is InChI=1S/C11H18F3NO2/c1-7(2)15(5-8-3-4-8)6-9(10(16)17)11(12,13)14/h7-9H,3-6H2,1-2H3,(H,16,17). The van der Waals surface area contributed by atoms with Gasteiger partial charge < -0.3 is 5.11 Å². The minimum absolute atomic E-state index is 0.0696. The third-order valence-electron chi connectivity index (χ3n) is 3.03. The summed E-state index contributed by atoms with van der Waals surface area (Å²) in [6.45, 7) is 3.69. The van der Waals surface area contributed by atoms with Crippen LogP contribution >= 0.6 is 0 Å². The Morgan fingerprint density at radius 1 is 1.41 bits per heavy atom. The van der Waals surface area contributed by atoms with Gasteiger partial charge in [-0.3, -0.25) is 9.69 Å². The van der Waals surface area contributed by atoms with Gasteiger partial charge in [-0.25, -0.2) is 0 Å². The van der Waals surface area contributed by atoms with Crippen LogP contribution in [-0.4, -0.2) is 41.3 Å². The van der Waals surface area contributed by atoms with Crippen LogP contribution in [-0.2, 0) is 4.79 Å². The Hall–Kier alpha value is -0.780. The maximum atomic E-state index is 12.5. The van der Waals surface area contributed by atoms with Gasteiger partial charge in [0.15, 0.2) is 5.92 Å². The predicted molar refractivity (Wildman–Crippen MR) is 56.6 cm³/mol. The average Bonchev–Trinajstić information content (AvgIpc) is 2.92. The summed E-state index contributed by atoms with van der Waals surface area (Å²) in [6, 6.07) is -0.0696. The first-order chi connectivity index (χ1) is 7.71. The highest BCUT2D eigenvalue weighted by atomic mass is 19.4. The molecule has 0 spiro atoms. The zero-order chi connectivity index (χ0) is 13.2. The van der Waals surface area contributed by atoms with Crippen LogP contribution in [0.25, 0.3) is 0 Å². The molecule has 0 amide bonds. The fraction of sp³-hybridized carbons (Fsp3) is 0.909. The molecule has 0 radical (unpaired) electrons. The zero-order valence-corrected chi connectivity index (χ0v) is 10.00. The lowest BCUT2D eigenvalue weighted by Gasteiger charge is -2.29. The van der Waals surface area contributed by atoms with Crippen molar-refractivity contribution in [3.8, 4) is 0 Å². The van der Waals surface area contributed by atoms with Crippen molar-refractivity contribution in [2.75, 3.05) is 13.1 Å². The van der Waals surface area contributed by atoms with E-state index < -0.39 is 24.6 Å². The Bertz CT molecular complexity index is 274. The molecule has 1 unspecified atom stereocenters. The smallest absolute Gasteiger partial charge is 0.403 e. The Balaban J connectivity index is 2.64. The molecular weight excluding hydrogens is 235 g/mol. The fourth-order valence-corrected chi connectivity index (χ4v) is 1.68. The second-order valence-corrected chi connectivity index (χ2v) is 4.92. The fourth-order valence-electron chi connectivity index (χ4n) is 1.68. The Morgan fingerprint density at radius 3 is 2.24 bits per heavy atom. The van der Waals surface area contributed by atoms with Gasteiger partial charge in [0.05, 0.1) is 0 Å². The number of carboxylic acid groups (broad SMARTS) is 1. The molecule has 1 fully saturated rings. The molecule has 100 valence electrons. The minimum Gasteiger partial charge on any atom is -0.481 e. The number of rotatable bonds is 6. The van der Waals surface area contributed by atoms with Crippen molar-refractivity contribution in [3.63, 3.8) is 0 Å². The number of alkyl halides is 3. The van der Waals surface area contributed by atoms with E-state index in [0.29, 0.717) is 12.5 Å². The van der Waals surface area contributed by atoms with Crippen LogP contribution in [0.3, 0.4) is 0 Å². The van der Waals surface area contributed by atoms with Crippen molar-refractivity contribution in [1.29, 1.82) is 0 Å². The first-order valence-corrected chi connectivity index (χ1v) is 5.75. The lowest BCUT2D eigenvalue weighted by Crippen LogP contribution is -2.44. The van der Waals surface area contributed by atoms with Gasteiger partial charge in [-0.1, -0.05) is 0 Å². The van der Waals surface area contributed by atoms with Crippen LogP contribution in [0.5, 0.6) is 0 Å². The van der Waals surface area contributed by atoms with Gasteiger partial charge in [0.25, 0.3) is 0 Å². The summed E-state index contributed by atoms with van der Waals surface area (Å²) in [5, 5.41) is 8.64. The molecule has 17 heavy (non-hydrogen) atoms. The Kier molecular flexibility index (Phi) is 4.41. The molecule has 0 bridgehead atoms. The van der Waals surface area contributed by atoms with Gasteiger partial charge >= 0.3 is 12.1 Å². The molecule has 3 nitrogen and oxygen atoms in total. The van der Waals surface area contributed by atoms with Crippen LogP contribution in [0.1, 0.15) is 26.7 Å². The highest BCUT2D eigenvalue weighted by Crippen LogP contribution is 2.32. The van der Waals surface area contributed by atoms with Crippen molar-refractivity contribution < 1.29 is 23.1 Å². The Morgan fingerprint density at radius 2 is 1.94 bits per heavy atom. The van der Waals surface area contributed by atoms with E-state index in [2.05, 4.69) is 0 Å². The summed E-state index contributed by atoms with van der Waals surface area (Å²) in [7, 11) is 0. The highest BCUT2D eigenvalue weighted by molar-refractivity contribution is 5.71. The number of hydrogen-bond acceptors (Lipinski definition) is 2. The van der Waals surface area contributed by atoms with Crippen molar-refractivity contribution >= 4 is 5.97 Å². The summed E-state index contributed by atoms with van der Waals surface area (Å²) in [5.74, 6) is -3.64. The van der Waals surface area contributed by atoms with E-state index in [0.717, 1.165) is 12.8 Å². The maximum absolute atomic E-state index is 12.5. The molecule has 1 aliphatic carbocycles. The van der Waals surface area contributed by atoms with Crippen LogP contribution in [0, 0.1) is 11.8 Å². The van der Waals surface area contributed by atoms with E-state index in [1.807, 2.05) is 0 Å². The van der Waals surface area contributed by atoms with Crippen LogP contribution in [0.2, 0.25) is 0 Å². The maximum Gasteiger partial charge on any atom is 0.403 e. The molecule has 1 aliphatic rings.